The van der Waals surface area contributed by atoms with Gasteiger partial charge in [-0.25, -0.2) is 4.98 Å². The molecule has 3 aromatic heterocycles. The normalized spacial score (nSPS) is 11.7. The molecule has 1 amide bonds. The minimum atomic E-state index is -1.91. The Balaban J connectivity index is 1.45. The van der Waals surface area contributed by atoms with Crippen molar-refractivity contribution in [3.8, 4) is 28.5 Å². The van der Waals surface area contributed by atoms with Crippen LogP contribution in [0, 0.1) is 11.3 Å². The summed E-state index contributed by atoms with van der Waals surface area (Å²) in [7, 11) is 0. The highest BCUT2D eigenvalue weighted by Crippen LogP contribution is 2.36. The Morgan fingerprint density at radius 3 is 2.51 bits per heavy atom. The molecule has 1 atom stereocenters. The number of carbonyl (C=O) groups excluding carboxylic acids is 1. The van der Waals surface area contributed by atoms with E-state index in [4.69, 9.17) is 21.8 Å². The number of nitriles is 1. The van der Waals surface area contributed by atoms with Crippen LogP contribution in [0.4, 0.5) is 0 Å². The molecule has 10 heteroatoms. The van der Waals surface area contributed by atoms with E-state index in [0.717, 1.165) is 22.6 Å². The predicted octanol–water partition coefficient (Wildman–Crippen LogP) is 5.78. The summed E-state index contributed by atoms with van der Waals surface area (Å²) < 4.78 is 15.1. The van der Waals surface area contributed by atoms with Gasteiger partial charge in [0.25, 0.3) is 0 Å². The van der Waals surface area contributed by atoms with Crippen LogP contribution in [0.1, 0.15) is 16.1 Å². The van der Waals surface area contributed by atoms with Crippen LogP contribution in [0.15, 0.2) is 107 Å². The molecule has 0 aliphatic rings. The van der Waals surface area contributed by atoms with E-state index in [-0.39, 0.29) is 16.7 Å². The van der Waals surface area contributed by atoms with E-state index in [1.54, 1.807) is 18.3 Å². The largest absolute Gasteiger partial charge is 0.588 e. The van der Waals surface area contributed by atoms with E-state index < -0.39 is 22.7 Å². The lowest BCUT2D eigenvalue weighted by Crippen LogP contribution is -2.32. The van der Waals surface area contributed by atoms with Crippen molar-refractivity contribution in [2.24, 2.45) is 0 Å². The minimum absolute atomic E-state index is 0.0939. The van der Waals surface area contributed by atoms with Crippen LogP contribution in [-0.4, -0.2) is 25.4 Å². The maximum atomic E-state index is 13.3. The lowest BCUT2D eigenvalue weighted by molar-refractivity contribution is 0.0976. The van der Waals surface area contributed by atoms with Crippen molar-refractivity contribution in [2.45, 2.75) is 4.90 Å². The molecule has 6 rings (SSSR count). The molecule has 0 radical (unpaired) electrons. The van der Waals surface area contributed by atoms with E-state index in [9.17, 15) is 14.1 Å². The number of carbonyl (C=O) groups is 1. The Labute approximate surface area is 241 Å². The zero-order valence-electron chi connectivity index (χ0n) is 21.1. The second-order valence-corrected chi connectivity index (χ2v) is 10.7. The summed E-state index contributed by atoms with van der Waals surface area (Å²) in [5, 5.41) is 10.5. The van der Waals surface area contributed by atoms with Crippen LogP contribution in [-0.2, 0) is 11.4 Å². The number of hydrogen-bond acceptors (Lipinski definition) is 6. The van der Waals surface area contributed by atoms with E-state index in [1.807, 2.05) is 54.6 Å². The monoisotopic (exact) mass is 575 g/mol. The number of benzene rings is 3. The summed E-state index contributed by atoms with van der Waals surface area (Å²) in [5.41, 5.74) is 3.54. The van der Waals surface area contributed by atoms with E-state index in [0.29, 0.717) is 32.3 Å². The molecule has 0 aliphatic heterocycles. The number of nitrogens with zero attached hydrogens (tertiary/aromatic N) is 3. The van der Waals surface area contributed by atoms with Crippen molar-refractivity contribution in [1.82, 2.24) is 19.7 Å². The molecule has 0 saturated carbocycles. The van der Waals surface area contributed by atoms with Gasteiger partial charge in [-0.15, -0.1) is 0 Å². The first-order chi connectivity index (χ1) is 19.9. The molecule has 0 aliphatic carbocycles. The molecule has 198 valence electrons. The number of hydrogen-bond donors (Lipinski definition) is 2. The van der Waals surface area contributed by atoms with Crippen molar-refractivity contribution in [3.05, 3.63) is 124 Å². The number of nitrogens with one attached hydrogen (secondary N) is 2. The number of amides is 1. The Kier molecular flexibility index (Phi) is 6.95. The van der Waals surface area contributed by atoms with Crippen molar-refractivity contribution in [1.29, 1.82) is 5.26 Å². The molecule has 0 spiro atoms. The number of aromatic nitrogens is 3. The fraction of sp³-hybridized carbons (Fsp3) is 0. The fourth-order valence-electron chi connectivity index (χ4n) is 4.48. The average Bonchev–Trinajstić information content (AvgIpc) is 3.01. The number of fused-ring (bicyclic) bond motifs is 2. The van der Waals surface area contributed by atoms with Gasteiger partial charge >= 0.3 is 5.91 Å². The van der Waals surface area contributed by atoms with Crippen LogP contribution in [0.2, 0.25) is 5.02 Å². The van der Waals surface area contributed by atoms with Crippen molar-refractivity contribution in [3.63, 3.8) is 0 Å². The summed E-state index contributed by atoms with van der Waals surface area (Å²) in [6.45, 7) is 0. The minimum Gasteiger partial charge on any atom is -0.588 e. The SMILES string of the molecule is N#Cc1ccc([S+]([O-])NC(=O)c2cc(=O)c3cc(-c4cc(Cl)c5ncccc5c4)c(-c4ccccc4)nc3[nH]2)cc1. The molecule has 8 nitrogen and oxygen atoms in total. The average molecular weight is 576 g/mol. The van der Waals surface area contributed by atoms with Gasteiger partial charge in [-0.1, -0.05) is 48.0 Å². The zero-order chi connectivity index (χ0) is 28.5. The first-order valence-electron chi connectivity index (χ1n) is 12.3. The third-order valence-corrected chi connectivity index (χ3v) is 7.82. The number of pyridine rings is 3. The molecule has 6 aromatic rings. The summed E-state index contributed by atoms with van der Waals surface area (Å²) in [6.07, 6.45) is 1.67. The van der Waals surface area contributed by atoms with Gasteiger partial charge in [-0.05, 0) is 54.1 Å². The Bertz CT molecular complexity index is 2060. The van der Waals surface area contributed by atoms with Gasteiger partial charge in [0.05, 0.1) is 33.3 Å². The summed E-state index contributed by atoms with van der Waals surface area (Å²) >= 11 is 4.67. The van der Waals surface area contributed by atoms with Crippen molar-refractivity contribution in [2.75, 3.05) is 0 Å². The highest BCUT2D eigenvalue weighted by atomic mass is 35.5. The van der Waals surface area contributed by atoms with Crippen LogP contribution in [0.3, 0.4) is 0 Å². The zero-order valence-corrected chi connectivity index (χ0v) is 22.7. The van der Waals surface area contributed by atoms with Crippen LogP contribution < -0.4 is 10.2 Å². The first kappa shape index (κ1) is 26.2. The van der Waals surface area contributed by atoms with Gasteiger partial charge in [0.1, 0.15) is 22.7 Å². The second kappa shape index (κ2) is 10.9. The maximum absolute atomic E-state index is 13.3. The Morgan fingerprint density at radius 1 is 0.976 bits per heavy atom. The molecular weight excluding hydrogens is 558 g/mol. The van der Waals surface area contributed by atoms with Crippen LogP contribution in [0.25, 0.3) is 44.3 Å². The van der Waals surface area contributed by atoms with E-state index >= 15 is 0 Å². The molecule has 2 N–H and O–H groups in total. The number of halogens is 1. The third-order valence-electron chi connectivity index (χ3n) is 6.46. The third kappa shape index (κ3) is 5.15. The lowest BCUT2D eigenvalue weighted by Gasteiger charge is -2.14. The Hall–Kier alpha value is -5.01. The van der Waals surface area contributed by atoms with Gasteiger partial charge in [0.15, 0.2) is 10.3 Å². The maximum Gasteiger partial charge on any atom is 0.309 e. The standard InChI is InChI=1S/C31H18ClN5O3S/c32-25-14-21(13-20-7-4-12-34-29(20)25)23-15-24-27(38)16-26(35-30(24)36-28(23)19-5-2-1-3-6-19)31(39)37-41(40)22-10-8-18(17-33)9-11-22/h1-16H,(H,37,39)(H,35,36,38). The molecule has 1 unspecified atom stereocenters. The fourth-order valence-corrected chi connectivity index (χ4v) is 5.54. The Morgan fingerprint density at radius 2 is 1.76 bits per heavy atom. The van der Waals surface area contributed by atoms with Gasteiger partial charge in [0.2, 0.25) is 0 Å². The highest BCUT2D eigenvalue weighted by Gasteiger charge is 2.21. The smallest absolute Gasteiger partial charge is 0.309 e. The summed E-state index contributed by atoms with van der Waals surface area (Å²) in [4.78, 5) is 38.6. The summed E-state index contributed by atoms with van der Waals surface area (Å²) in [5.74, 6) is -0.743. The quantitative estimate of drug-likeness (QED) is 0.250. The van der Waals surface area contributed by atoms with E-state index in [2.05, 4.69) is 14.7 Å². The number of H-pyrrole nitrogens is 1. The van der Waals surface area contributed by atoms with Crippen LogP contribution in [0.5, 0.6) is 0 Å². The molecule has 3 heterocycles. The van der Waals surface area contributed by atoms with Gasteiger partial charge in [-0.3, -0.25) is 14.6 Å². The van der Waals surface area contributed by atoms with E-state index in [1.165, 1.54) is 24.3 Å². The van der Waals surface area contributed by atoms with Crippen LogP contribution >= 0.6 is 11.6 Å². The number of aromatic amines is 1. The first-order valence-corrected chi connectivity index (χ1v) is 13.8. The van der Waals surface area contributed by atoms with Gasteiger partial charge < -0.3 is 9.54 Å². The molecule has 0 saturated heterocycles. The van der Waals surface area contributed by atoms with Crippen molar-refractivity contribution < 1.29 is 9.35 Å². The molecule has 0 fully saturated rings. The second-order valence-electron chi connectivity index (χ2n) is 9.06. The molecule has 3 aromatic carbocycles. The highest BCUT2D eigenvalue weighted by molar-refractivity contribution is 7.90. The van der Waals surface area contributed by atoms with Gasteiger partial charge in [-0.2, -0.15) is 9.98 Å². The predicted molar refractivity (Wildman–Crippen MR) is 159 cm³/mol. The molecule has 0 bridgehead atoms. The summed E-state index contributed by atoms with van der Waals surface area (Å²) in [6, 6.07) is 27.8. The lowest BCUT2D eigenvalue weighted by atomic mass is 9.96. The molecular formula is C31H18ClN5O3S. The number of rotatable bonds is 5. The topological polar surface area (TPSA) is 135 Å². The molecule has 41 heavy (non-hydrogen) atoms. The van der Waals surface area contributed by atoms with Gasteiger partial charge in [0, 0.05) is 28.8 Å². The van der Waals surface area contributed by atoms with Crippen molar-refractivity contribution >= 4 is 50.8 Å².